The average molecular weight is 998 g/mol. The van der Waals surface area contributed by atoms with Crippen LogP contribution in [0.15, 0.2) is 98.6 Å². The number of hydrogen-bond acceptors (Lipinski definition) is 11. The van der Waals surface area contributed by atoms with Gasteiger partial charge >= 0.3 is 5.51 Å². The van der Waals surface area contributed by atoms with Crippen molar-refractivity contribution in [1.29, 1.82) is 0 Å². The number of methoxy groups -OCH3 is 1. The Bertz CT molecular complexity index is 2390. The number of alkyl halides is 5. The summed E-state index contributed by atoms with van der Waals surface area (Å²) >= 11 is 1.45. The third-order valence-corrected chi connectivity index (χ3v) is 17.3. The number of nitrogens with one attached hydrogen (secondary N) is 2. The van der Waals surface area contributed by atoms with E-state index in [-0.39, 0.29) is 23.0 Å². The Kier molecular flexibility index (Phi) is 17.5. The van der Waals surface area contributed by atoms with Gasteiger partial charge in [-0.15, -0.1) is 11.8 Å². The first kappa shape index (κ1) is 52.6. The minimum atomic E-state index is -6.08. The smallest absolute Gasteiger partial charge is 0.380 e. The molecule has 2 saturated heterocycles. The van der Waals surface area contributed by atoms with Crippen molar-refractivity contribution in [2.75, 3.05) is 75.4 Å². The molecule has 2 heterocycles. The molecular weight excluding hydrogens is 934 g/mol. The van der Waals surface area contributed by atoms with Crippen LogP contribution in [0.5, 0.6) is 0 Å². The molecule has 370 valence electrons. The second-order valence-electron chi connectivity index (χ2n) is 18.9. The topological polar surface area (TPSA) is 128 Å². The quantitative estimate of drug-likeness (QED) is 0.0638. The molecule has 6 rings (SSSR count). The number of carbonyl (C=O) groups is 1. The summed E-state index contributed by atoms with van der Waals surface area (Å²) in [5.41, 5.74) is -2.82. The molecule has 11 nitrogen and oxygen atoms in total. The maximum atomic E-state index is 14.2. The minimum Gasteiger partial charge on any atom is -0.380 e. The molecule has 0 aromatic heterocycles. The zero-order chi connectivity index (χ0) is 48.6. The molecule has 3 aliphatic rings. The number of allylic oxidation sites excluding steroid dienone is 1. The third-order valence-electron chi connectivity index (χ3n) is 13.3. The van der Waals surface area contributed by atoms with Crippen molar-refractivity contribution in [2.45, 2.75) is 117 Å². The molecule has 1 amide bonds. The summed E-state index contributed by atoms with van der Waals surface area (Å²) in [6.07, 6.45) is 3.73. The number of anilines is 2. The lowest BCUT2D eigenvalue weighted by molar-refractivity contribution is -0.0437. The van der Waals surface area contributed by atoms with Crippen LogP contribution < -0.4 is 14.9 Å². The lowest BCUT2D eigenvalue weighted by atomic mass is 9.73. The molecule has 2 fully saturated rings. The monoisotopic (exact) mass is 997 g/mol. The number of ether oxygens (including phenoxy) is 1. The van der Waals surface area contributed by atoms with Crippen LogP contribution in [0.25, 0.3) is 0 Å². The van der Waals surface area contributed by atoms with Crippen molar-refractivity contribution >= 4 is 48.9 Å². The predicted molar refractivity (Wildman–Crippen MR) is 254 cm³/mol. The number of piperidine rings is 1. The highest BCUT2D eigenvalue weighted by molar-refractivity contribution is 7.99. The Balaban J connectivity index is 1.12. The van der Waals surface area contributed by atoms with E-state index in [0.717, 1.165) is 87.5 Å². The van der Waals surface area contributed by atoms with Crippen LogP contribution in [-0.2, 0) is 24.6 Å². The summed E-state index contributed by atoms with van der Waals surface area (Å²) in [4.78, 5) is 18.9. The second-order valence-corrected chi connectivity index (χ2v) is 23.6. The summed E-state index contributed by atoms with van der Waals surface area (Å²) in [6, 6.07) is 17.5. The molecule has 3 aromatic carbocycles. The third kappa shape index (κ3) is 14.4. The fraction of sp³-hybridized carbons (Fsp3) is 0.562. The molecule has 3 aromatic rings. The van der Waals surface area contributed by atoms with Crippen molar-refractivity contribution in [1.82, 2.24) is 14.5 Å². The maximum Gasteiger partial charge on any atom is 0.501 e. The highest BCUT2D eigenvalue weighted by Crippen LogP contribution is 2.41. The minimum absolute atomic E-state index is 0.0294. The van der Waals surface area contributed by atoms with Gasteiger partial charge in [0.05, 0.1) is 16.2 Å². The zero-order valence-electron chi connectivity index (χ0n) is 38.7. The fourth-order valence-corrected chi connectivity index (χ4v) is 12.0. The van der Waals surface area contributed by atoms with E-state index in [1.54, 1.807) is 19.2 Å². The van der Waals surface area contributed by atoms with Gasteiger partial charge in [-0.25, -0.2) is 30.3 Å². The molecular formula is C48H64F5N5O6S3. The number of sulfone groups is 1. The van der Waals surface area contributed by atoms with E-state index in [1.807, 2.05) is 42.0 Å². The normalized spacial score (nSPS) is 19.1. The van der Waals surface area contributed by atoms with Gasteiger partial charge in [-0.2, -0.15) is 13.2 Å². The van der Waals surface area contributed by atoms with Gasteiger partial charge in [0.25, 0.3) is 25.8 Å². The van der Waals surface area contributed by atoms with E-state index in [1.165, 1.54) is 35.0 Å². The number of halogens is 5. The molecule has 1 unspecified atom stereocenters. The molecule has 19 heteroatoms. The summed E-state index contributed by atoms with van der Waals surface area (Å²) < 4.78 is 130. The first-order chi connectivity index (χ1) is 31.6. The molecule has 1 aliphatic carbocycles. The highest BCUT2D eigenvalue weighted by atomic mass is 32.2. The van der Waals surface area contributed by atoms with Gasteiger partial charge in [-0.05, 0) is 118 Å². The van der Waals surface area contributed by atoms with Crippen LogP contribution in [0.3, 0.4) is 0 Å². The van der Waals surface area contributed by atoms with Gasteiger partial charge in [0, 0.05) is 93.8 Å². The van der Waals surface area contributed by atoms with Crippen LogP contribution in [-0.4, -0.2) is 121 Å². The SMILES string of the molecule is COC1(C)CCN(CCC(CSc2ccccc2)Nc2ccc(S(=O)(=O)NC(=O)c3ccc(N4CCN(CC5=C(CCCC(F)F)CC(C)(C)CC5)CC4)cc3)cc2S(=O)(=O)C(F)(F)F)CC1. The molecule has 0 saturated carbocycles. The molecule has 0 radical (unpaired) electrons. The Labute approximate surface area is 397 Å². The van der Waals surface area contributed by atoms with Crippen LogP contribution in [0.4, 0.5) is 33.3 Å². The van der Waals surface area contributed by atoms with Crippen LogP contribution in [0.2, 0.25) is 0 Å². The molecule has 0 bridgehead atoms. The number of amides is 1. The highest BCUT2D eigenvalue weighted by Gasteiger charge is 2.48. The standard InChI is InChI=1S/C48H64F5N5O6S3/c1-46(2)21-19-37(36(32-46)9-8-12-44(49)50)33-57-27-29-58(30-28-57)39-15-13-35(14-16-39)45(59)55-67(62,63)41-17-18-42(43(31-41)66(60,61)48(51,52)53)54-38(34-65-40-10-6-5-7-11-40)20-24-56-25-22-47(3,64-4)23-26-56/h5-7,10-11,13-18,31,38,44,54H,8-9,12,19-30,32-34H2,1-4H3,(H,55,59). The van der Waals surface area contributed by atoms with Gasteiger partial charge in [-0.3, -0.25) is 9.69 Å². The van der Waals surface area contributed by atoms with Crippen molar-refractivity contribution in [3.8, 4) is 0 Å². The first-order valence-electron chi connectivity index (χ1n) is 22.9. The van der Waals surface area contributed by atoms with Crippen LogP contribution in [0, 0.1) is 5.41 Å². The number of thioether (sulfide) groups is 1. The van der Waals surface area contributed by atoms with Crippen molar-refractivity contribution in [3.05, 3.63) is 89.5 Å². The predicted octanol–water partition coefficient (Wildman–Crippen LogP) is 9.63. The van der Waals surface area contributed by atoms with Crippen LogP contribution >= 0.6 is 11.8 Å². The first-order valence-corrected chi connectivity index (χ1v) is 26.8. The fourth-order valence-electron chi connectivity index (χ4n) is 8.94. The van der Waals surface area contributed by atoms with Crippen molar-refractivity contribution in [2.24, 2.45) is 5.41 Å². The number of sulfonamides is 1. The number of nitrogens with zero attached hydrogens (tertiary/aromatic N) is 3. The molecule has 67 heavy (non-hydrogen) atoms. The van der Waals surface area contributed by atoms with E-state index in [9.17, 15) is 43.6 Å². The van der Waals surface area contributed by atoms with Gasteiger partial charge in [-0.1, -0.05) is 43.2 Å². The Morgan fingerprint density at radius 2 is 1.51 bits per heavy atom. The number of rotatable bonds is 20. The Morgan fingerprint density at radius 3 is 2.13 bits per heavy atom. The van der Waals surface area contributed by atoms with E-state index in [4.69, 9.17) is 4.74 Å². The van der Waals surface area contributed by atoms with E-state index in [0.29, 0.717) is 50.7 Å². The summed E-state index contributed by atoms with van der Waals surface area (Å²) in [6.45, 7) is 12.3. The van der Waals surface area contributed by atoms with Gasteiger partial charge < -0.3 is 19.9 Å². The lowest BCUT2D eigenvalue weighted by Crippen LogP contribution is -2.47. The van der Waals surface area contributed by atoms with Crippen molar-refractivity contribution in [3.63, 3.8) is 0 Å². The van der Waals surface area contributed by atoms with E-state index < -0.39 is 59.2 Å². The number of piperazine rings is 1. The van der Waals surface area contributed by atoms with E-state index in [2.05, 4.69) is 33.9 Å². The summed E-state index contributed by atoms with van der Waals surface area (Å²) in [5.74, 6) is -0.689. The summed E-state index contributed by atoms with van der Waals surface area (Å²) in [5, 5.41) is 3.01. The Morgan fingerprint density at radius 1 is 0.836 bits per heavy atom. The van der Waals surface area contributed by atoms with E-state index >= 15 is 0 Å². The summed E-state index contributed by atoms with van der Waals surface area (Å²) in [7, 11) is -9.27. The molecule has 2 N–H and O–H groups in total. The maximum absolute atomic E-state index is 14.2. The van der Waals surface area contributed by atoms with Gasteiger partial charge in [0.15, 0.2) is 0 Å². The van der Waals surface area contributed by atoms with Crippen molar-refractivity contribution < 1.29 is 48.3 Å². The number of benzene rings is 3. The zero-order valence-corrected chi connectivity index (χ0v) is 41.2. The number of likely N-dealkylation sites (tertiary alicyclic amines) is 1. The molecule has 1 atom stereocenters. The van der Waals surface area contributed by atoms with Gasteiger partial charge in [0.2, 0.25) is 6.43 Å². The number of carbonyl (C=O) groups excluding carboxylic acids is 1. The second kappa shape index (κ2) is 22.3. The number of hydrogen-bond donors (Lipinski definition) is 2. The Hall–Kier alpha value is -3.75. The lowest BCUT2D eigenvalue weighted by Gasteiger charge is -2.39. The largest absolute Gasteiger partial charge is 0.501 e. The molecule has 2 aliphatic heterocycles. The average Bonchev–Trinajstić information content (AvgIpc) is 3.28. The molecule has 0 spiro atoms. The van der Waals surface area contributed by atoms with Crippen LogP contribution in [0.1, 0.15) is 88.9 Å². The van der Waals surface area contributed by atoms with Gasteiger partial charge in [0.1, 0.15) is 4.90 Å².